The van der Waals surface area contributed by atoms with Gasteiger partial charge in [-0.3, -0.25) is 19.2 Å². The van der Waals surface area contributed by atoms with Crippen LogP contribution >= 0.6 is 0 Å². The molecule has 1 heterocycles. The second kappa shape index (κ2) is 25.2. The van der Waals surface area contributed by atoms with E-state index in [1.165, 1.54) is 13.8 Å². The normalized spacial score (nSPS) is 27.4. The molecule has 0 aromatic rings. The number of amides is 2. The van der Waals surface area contributed by atoms with E-state index in [4.69, 9.17) is 28.4 Å². The highest BCUT2D eigenvalue weighted by atomic mass is 16.6. The van der Waals surface area contributed by atoms with Crippen LogP contribution in [0.25, 0.3) is 0 Å². The zero-order chi connectivity index (χ0) is 50.3. The average molecular weight is 949 g/mol. The molecule has 380 valence electrons. The van der Waals surface area contributed by atoms with Gasteiger partial charge in [-0.1, -0.05) is 83.6 Å². The molecule has 9 atom stereocenters. The lowest BCUT2D eigenvalue weighted by molar-refractivity contribution is -0.212. The Morgan fingerprint density at radius 1 is 0.836 bits per heavy atom. The van der Waals surface area contributed by atoms with E-state index in [0.29, 0.717) is 25.8 Å². The minimum absolute atomic E-state index is 0.0396. The fourth-order valence-corrected chi connectivity index (χ4v) is 9.24. The first-order chi connectivity index (χ1) is 31.3. The van der Waals surface area contributed by atoms with Gasteiger partial charge in [0.2, 0.25) is 5.91 Å². The lowest BCUT2D eigenvalue weighted by Gasteiger charge is -2.41. The number of unbranched alkanes of at least 4 members (excludes halogenated alkanes) is 12. The van der Waals surface area contributed by atoms with Gasteiger partial charge in [0, 0.05) is 38.3 Å². The van der Waals surface area contributed by atoms with Crippen molar-refractivity contribution in [2.75, 3.05) is 6.54 Å². The van der Waals surface area contributed by atoms with Crippen molar-refractivity contribution >= 4 is 41.8 Å². The molecule has 0 radical (unpaired) electrons. The van der Waals surface area contributed by atoms with Gasteiger partial charge in [0.1, 0.15) is 23.3 Å². The Bertz CT molecular complexity index is 1820. The number of hydrogen-bond donors (Lipinski definition) is 4. The van der Waals surface area contributed by atoms with Crippen LogP contribution in [-0.2, 0) is 57.2 Å². The monoisotopic (exact) mass is 949 g/mol. The van der Waals surface area contributed by atoms with Gasteiger partial charge >= 0.3 is 35.9 Å². The van der Waals surface area contributed by atoms with Crippen LogP contribution in [0.1, 0.15) is 185 Å². The molecule has 2 fully saturated rings. The van der Waals surface area contributed by atoms with Crippen LogP contribution in [0.2, 0.25) is 0 Å². The fourth-order valence-electron chi connectivity index (χ4n) is 9.24. The van der Waals surface area contributed by atoms with Gasteiger partial charge < -0.3 is 49.3 Å². The number of ether oxygens (including phenoxy) is 6. The van der Waals surface area contributed by atoms with Gasteiger partial charge in [-0.05, 0) is 92.7 Å². The standard InChI is InChI=1S/C50H80N2O15/c1-12-14-15-21-24-28-37(55)63-41-39-38(32(4)40(41)64-44(57)31(3)13-2)42-50(61,49(11,60)45(58)65-42)35(30-48(39,10)66-34(6)53)62-36(54)27-25-22-19-17-16-18-20-23-26-29-51-43(56)33(5)52-46(59)67-47(7,8)9/h13,33,35,39-42,60-61H,12,14-30H2,1-11H3,(H,51,56)(H,52,59)/b31-13-/t33-,35-,39+,40-,41-,42-,48-,49+,50+/m0/s1. The molecule has 0 spiro atoms. The second-order valence-electron chi connectivity index (χ2n) is 19.9. The Hall–Kier alpha value is -4.51. The number of carbonyl (C=O) groups excluding carboxylic acids is 7. The first kappa shape index (κ1) is 56.8. The third-order valence-corrected chi connectivity index (χ3v) is 13.0. The van der Waals surface area contributed by atoms with E-state index in [1.54, 1.807) is 54.5 Å². The van der Waals surface area contributed by atoms with Crippen molar-refractivity contribution in [3.8, 4) is 0 Å². The third-order valence-electron chi connectivity index (χ3n) is 13.0. The fraction of sp³-hybridized carbons (Fsp3) is 0.780. The molecular formula is C50H80N2O15. The zero-order valence-corrected chi connectivity index (χ0v) is 42.0. The molecule has 3 rings (SSSR count). The minimum Gasteiger partial charge on any atom is -0.459 e. The van der Waals surface area contributed by atoms with Crippen LogP contribution in [0.3, 0.4) is 0 Å². The molecule has 0 unspecified atom stereocenters. The first-order valence-electron chi connectivity index (χ1n) is 24.4. The topological polar surface area (TPSA) is 239 Å². The second-order valence-corrected chi connectivity index (χ2v) is 19.9. The van der Waals surface area contributed by atoms with Crippen LogP contribution in [0.15, 0.2) is 22.8 Å². The Balaban J connectivity index is 1.68. The summed E-state index contributed by atoms with van der Waals surface area (Å²) in [7, 11) is 0. The summed E-state index contributed by atoms with van der Waals surface area (Å²) in [6.45, 7) is 18.0. The number of aliphatic hydroxyl groups is 2. The predicted molar refractivity (Wildman–Crippen MR) is 247 cm³/mol. The Morgan fingerprint density at radius 2 is 1.37 bits per heavy atom. The quantitative estimate of drug-likeness (QED) is 0.0236. The highest BCUT2D eigenvalue weighted by Gasteiger charge is 2.76. The number of hydrogen-bond acceptors (Lipinski definition) is 15. The molecule has 17 heteroatoms. The zero-order valence-electron chi connectivity index (χ0n) is 42.0. The molecule has 2 amide bonds. The predicted octanol–water partition coefficient (Wildman–Crippen LogP) is 7.06. The van der Waals surface area contributed by atoms with Crippen LogP contribution in [0.5, 0.6) is 0 Å². The number of esters is 5. The maximum Gasteiger partial charge on any atom is 0.408 e. The van der Waals surface area contributed by atoms with Gasteiger partial charge in [-0.25, -0.2) is 14.4 Å². The van der Waals surface area contributed by atoms with E-state index in [1.807, 2.05) is 0 Å². The van der Waals surface area contributed by atoms with Crippen molar-refractivity contribution in [1.82, 2.24) is 10.6 Å². The Labute approximate surface area is 397 Å². The van der Waals surface area contributed by atoms with Gasteiger partial charge in [0.15, 0.2) is 29.5 Å². The molecule has 0 aromatic carbocycles. The molecule has 4 N–H and O–H groups in total. The number of carbonyl (C=O) groups is 7. The lowest BCUT2D eigenvalue weighted by atomic mass is 9.75. The summed E-state index contributed by atoms with van der Waals surface area (Å²) < 4.78 is 35.2. The Kier molecular flexibility index (Phi) is 21.4. The smallest absolute Gasteiger partial charge is 0.408 e. The van der Waals surface area contributed by atoms with Crippen molar-refractivity contribution in [3.05, 3.63) is 22.8 Å². The van der Waals surface area contributed by atoms with Crippen LogP contribution in [0, 0.1) is 5.92 Å². The SMILES string of the molecule is C/C=C(/C)C(=O)O[C@H]1C(C)=C2[C@H]([C@@H]1OC(=O)CCCCCCC)[C@@](C)(OC(C)=O)C[C@H](OC(=O)CCCCCCCCCCCNC(=O)[C@H](C)NC(=O)OC(C)(C)C)[C@@]1(O)[C@H]2OC(=O)[C@@]1(C)O. The summed E-state index contributed by atoms with van der Waals surface area (Å²) in [4.78, 5) is 91.2. The van der Waals surface area contributed by atoms with E-state index >= 15 is 0 Å². The molecule has 0 aromatic heterocycles. The number of nitrogens with one attached hydrogen (secondary N) is 2. The van der Waals surface area contributed by atoms with E-state index in [0.717, 1.165) is 77.6 Å². The van der Waals surface area contributed by atoms with Gasteiger partial charge in [-0.15, -0.1) is 0 Å². The largest absolute Gasteiger partial charge is 0.459 e. The highest BCUT2D eigenvalue weighted by molar-refractivity contribution is 5.88. The summed E-state index contributed by atoms with van der Waals surface area (Å²) in [6, 6.07) is -0.718. The summed E-state index contributed by atoms with van der Waals surface area (Å²) >= 11 is 0. The lowest BCUT2D eigenvalue weighted by Crippen LogP contribution is -2.64. The van der Waals surface area contributed by atoms with Crippen LogP contribution < -0.4 is 10.6 Å². The van der Waals surface area contributed by atoms with Gasteiger partial charge in [0.25, 0.3) is 0 Å². The molecule has 1 saturated heterocycles. The Morgan fingerprint density at radius 3 is 1.91 bits per heavy atom. The van der Waals surface area contributed by atoms with Crippen molar-refractivity contribution in [2.45, 2.75) is 238 Å². The summed E-state index contributed by atoms with van der Waals surface area (Å²) in [5.41, 5.74) is -6.99. The van der Waals surface area contributed by atoms with E-state index in [9.17, 15) is 43.8 Å². The number of fused-ring (bicyclic) bond motifs is 3. The van der Waals surface area contributed by atoms with E-state index < -0.39 is 101 Å². The van der Waals surface area contributed by atoms with Crippen molar-refractivity contribution in [2.24, 2.45) is 5.92 Å². The average Bonchev–Trinajstić information content (AvgIpc) is 3.56. The molecule has 17 nitrogen and oxygen atoms in total. The maximum atomic E-state index is 13.6. The maximum absolute atomic E-state index is 13.6. The number of allylic oxidation sites excluding steroid dienone is 1. The van der Waals surface area contributed by atoms with E-state index in [2.05, 4.69) is 17.6 Å². The molecule has 1 saturated carbocycles. The van der Waals surface area contributed by atoms with Gasteiger partial charge in [-0.2, -0.15) is 0 Å². The third kappa shape index (κ3) is 15.2. The van der Waals surface area contributed by atoms with Crippen molar-refractivity contribution in [3.63, 3.8) is 0 Å². The molecule has 1 aliphatic heterocycles. The van der Waals surface area contributed by atoms with Crippen LogP contribution in [0.4, 0.5) is 4.79 Å². The molecule has 67 heavy (non-hydrogen) atoms. The minimum atomic E-state index is -2.63. The van der Waals surface area contributed by atoms with E-state index in [-0.39, 0.29) is 35.5 Å². The van der Waals surface area contributed by atoms with Crippen molar-refractivity contribution in [1.29, 1.82) is 0 Å². The van der Waals surface area contributed by atoms with Crippen molar-refractivity contribution < 1.29 is 72.2 Å². The van der Waals surface area contributed by atoms with Crippen LogP contribution in [-0.4, -0.2) is 111 Å². The summed E-state index contributed by atoms with van der Waals surface area (Å²) in [5.74, 6) is -5.42. The molecule has 3 aliphatic rings. The molecule has 2 aliphatic carbocycles. The summed E-state index contributed by atoms with van der Waals surface area (Å²) in [6.07, 6.45) is 6.55. The van der Waals surface area contributed by atoms with Gasteiger partial charge in [0.05, 0.1) is 5.92 Å². The number of rotatable bonds is 25. The molecular weight excluding hydrogens is 869 g/mol. The molecule has 0 bridgehead atoms. The summed E-state index contributed by atoms with van der Waals surface area (Å²) in [5, 5.41) is 29.9. The highest BCUT2D eigenvalue weighted by Crippen LogP contribution is 2.57. The first-order valence-corrected chi connectivity index (χ1v) is 24.4. The number of alkyl carbamates (subject to hydrolysis) is 1.